The molecular formula is C10H8N2O3. The first-order valence-electron chi connectivity index (χ1n) is 4.30. The Morgan fingerprint density at radius 2 is 2.13 bits per heavy atom. The maximum Gasteiger partial charge on any atom is 0.314 e. The number of ether oxygens (including phenoxy) is 1. The van der Waals surface area contributed by atoms with Crippen molar-refractivity contribution in [3.8, 4) is 5.88 Å². The van der Waals surface area contributed by atoms with E-state index in [1.54, 1.807) is 25.2 Å². The lowest BCUT2D eigenvalue weighted by atomic mass is 10.3. The Bertz CT molecular complexity index is 574. The van der Waals surface area contributed by atoms with Crippen molar-refractivity contribution < 1.29 is 9.53 Å². The van der Waals surface area contributed by atoms with Crippen molar-refractivity contribution in [2.45, 2.75) is 0 Å². The third kappa shape index (κ3) is 1.48. The number of nitrogens with zero attached hydrogens (tertiary/aromatic N) is 2. The van der Waals surface area contributed by atoms with E-state index < -0.39 is 5.56 Å². The molecule has 5 heteroatoms. The number of carbonyl (C=O) groups excluding carboxylic acids is 1. The minimum Gasteiger partial charge on any atom is -0.404 e. The molecule has 0 saturated heterocycles. The first-order chi connectivity index (χ1) is 7.24. The van der Waals surface area contributed by atoms with Crippen molar-refractivity contribution in [3.63, 3.8) is 0 Å². The molecule has 0 aliphatic heterocycles. The van der Waals surface area contributed by atoms with Gasteiger partial charge in [0.2, 0.25) is 0 Å². The second kappa shape index (κ2) is 3.53. The molecule has 1 aromatic heterocycles. The van der Waals surface area contributed by atoms with Gasteiger partial charge in [0, 0.05) is 7.05 Å². The molecule has 5 nitrogen and oxygen atoms in total. The Hall–Kier alpha value is -2.17. The van der Waals surface area contributed by atoms with Gasteiger partial charge >= 0.3 is 5.56 Å². The highest BCUT2D eigenvalue weighted by Crippen LogP contribution is 2.10. The summed E-state index contributed by atoms with van der Waals surface area (Å²) >= 11 is 0. The van der Waals surface area contributed by atoms with Crippen LogP contribution in [-0.4, -0.2) is 16.0 Å². The van der Waals surface area contributed by atoms with Gasteiger partial charge in [-0.25, -0.2) is 4.98 Å². The lowest BCUT2D eigenvalue weighted by Gasteiger charge is -2.05. The van der Waals surface area contributed by atoms with E-state index in [1.165, 1.54) is 4.57 Å². The molecule has 0 saturated carbocycles. The van der Waals surface area contributed by atoms with Crippen LogP contribution in [0, 0.1) is 0 Å². The first-order valence-corrected chi connectivity index (χ1v) is 4.30. The summed E-state index contributed by atoms with van der Waals surface area (Å²) in [6.45, 7) is 0.193. The highest BCUT2D eigenvalue weighted by Gasteiger charge is 2.08. The highest BCUT2D eigenvalue weighted by molar-refractivity contribution is 5.75. The third-order valence-electron chi connectivity index (χ3n) is 2.11. The molecule has 0 N–H and O–H groups in total. The summed E-state index contributed by atoms with van der Waals surface area (Å²) in [4.78, 5) is 25.7. The number of benzene rings is 1. The van der Waals surface area contributed by atoms with Gasteiger partial charge in [-0.05, 0) is 12.1 Å². The van der Waals surface area contributed by atoms with E-state index in [-0.39, 0.29) is 12.4 Å². The molecule has 1 aromatic carbocycles. The summed E-state index contributed by atoms with van der Waals surface area (Å²) in [5.74, 6) is -0.203. The summed E-state index contributed by atoms with van der Waals surface area (Å²) in [5.41, 5.74) is 0.873. The zero-order valence-electron chi connectivity index (χ0n) is 8.01. The van der Waals surface area contributed by atoms with Crippen LogP contribution < -0.4 is 10.3 Å². The zero-order chi connectivity index (χ0) is 10.8. The van der Waals surface area contributed by atoms with Gasteiger partial charge in [0.05, 0.1) is 11.0 Å². The quantitative estimate of drug-likeness (QED) is 0.667. The monoisotopic (exact) mass is 204 g/mol. The van der Waals surface area contributed by atoms with Crippen LogP contribution in [0.15, 0.2) is 29.1 Å². The van der Waals surface area contributed by atoms with Crippen LogP contribution in [0.5, 0.6) is 5.88 Å². The number of hydrogen-bond acceptors (Lipinski definition) is 4. The maximum atomic E-state index is 11.6. The van der Waals surface area contributed by atoms with E-state index in [1.807, 2.05) is 6.07 Å². The molecule has 2 rings (SSSR count). The number of carbonyl (C=O) groups is 1. The smallest absolute Gasteiger partial charge is 0.314 e. The number of rotatable bonds is 2. The lowest BCUT2D eigenvalue weighted by molar-refractivity contribution is -0.121. The lowest BCUT2D eigenvalue weighted by Crippen LogP contribution is -2.20. The Morgan fingerprint density at radius 1 is 1.40 bits per heavy atom. The zero-order valence-corrected chi connectivity index (χ0v) is 8.01. The van der Waals surface area contributed by atoms with Crippen molar-refractivity contribution in [1.82, 2.24) is 9.55 Å². The van der Waals surface area contributed by atoms with Crippen molar-refractivity contribution in [1.29, 1.82) is 0 Å². The van der Waals surface area contributed by atoms with E-state index in [9.17, 15) is 9.59 Å². The molecule has 0 fully saturated rings. The van der Waals surface area contributed by atoms with Gasteiger partial charge in [0.1, 0.15) is 0 Å². The number of aromatic nitrogens is 2. The Kier molecular flexibility index (Phi) is 2.21. The van der Waals surface area contributed by atoms with Crippen molar-refractivity contribution in [2.24, 2.45) is 7.05 Å². The predicted octanol–water partition coefficient (Wildman–Crippen LogP) is 0.469. The molecule has 2 aromatic rings. The Morgan fingerprint density at radius 3 is 2.87 bits per heavy atom. The van der Waals surface area contributed by atoms with Crippen LogP contribution in [0.4, 0.5) is 0 Å². The summed E-state index contributed by atoms with van der Waals surface area (Å²) in [7, 11) is 1.60. The van der Waals surface area contributed by atoms with Gasteiger partial charge < -0.3 is 9.30 Å². The molecule has 0 bridgehead atoms. The SMILES string of the molecule is Cn1c(=O)c(OC=O)nc2ccccc21. The molecule has 0 aliphatic rings. The van der Waals surface area contributed by atoms with E-state index in [0.717, 1.165) is 0 Å². The topological polar surface area (TPSA) is 61.2 Å². The van der Waals surface area contributed by atoms with Crippen LogP contribution in [0.25, 0.3) is 11.0 Å². The van der Waals surface area contributed by atoms with E-state index in [4.69, 9.17) is 0 Å². The average Bonchev–Trinajstić information content (AvgIpc) is 2.26. The van der Waals surface area contributed by atoms with Gasteiger partial charge in [-0.15, -0.1) is 0 Å². The Labute approximate surface area is 84.9 Å². The Balaban J connectivity index is 2.82. The fraction of sp³-hybridized carbons (Fsp3) is 0.100. The fourth-order valence-corrected chi connectivity index (χ4v) is 1.37. The van der Waals surface area contributed by atoms with Crippen LogP contribution in [0.3, 0.4) is 0 Å². The molecule has 0 unspecified atom stereocenters. The summed E-state index contributed by atoms with van der Waals surface area (Å²) in [5, 5.41) is 0. The van der Waals surface area contributed by atoms with Crippen LogP contribution in [-0.2, 0) is 11.8 Å². The largest absolute Gasteiger partial charge is 0.404 e. The summed E-state index contributed by atoms with van der Waals surface area (Å²) in [6, 6.07) is 7.12. The molecule has 76 valence electrons. The van der Waals surface area contributed by atoms with Gasteiger partial charge in [0.15, 0.2) is 0 Å². The standard InChI is InChI=1S/C10H8N2O3/c1-12-8-5-3-2-4-7(8)11-9(10(12)14)15-6-13/h2-6H,1H3. The fourth-order valence-electron chi connectivity index (χ4n) is 1.37. The summed E-state index contributed by atoms with van der Waals surface area (Å²) < 4.78 is 5.89. The molecular weight excluding hydrogens is 196 g/mol. The molecule has 0 amide bonds. The maximum absolute atomic E-state index is 11.6. The van der Waals surface area contributed by atoms with Crippen LogP contribution in [0.1, 0.15) is 0 Å². The highest BCUT2D eigenvalue weighted by atomic mass is 16.5. The second-order valence-corrected chi connectivity index (χ2v) is 2.98. The number of fused-ring (bicyclic) bond motifs is 1. The number of para-hydroxylation sites is 2. The van der Waals surface area contributed by atoms with E-state index in [0.29, 0.717) is 11.0 Å². The van der Waals surface area contributed by atoms with Gasteiger partial charge in [-0.1, -0.05) is 12.1 Å². The predicted molar refractivity (Wildman–Crippen MR) is 53.7 cm³/mol. The minimum atomic E-state index is -0.430. The molecule has 0 spiro atoms. The van der Waals surface area contributed by atoms with Crippen molar-refractivity contribution in [3.05, 3.63) is 34.6 Å². The molecule has 0 atom stereocenters. The van der Waals surface area contributed by atoms with Crippen LogP contribution in [0.2, 0.25) is 0 Å². The molecule has 0 radical (unpaired) electrons. The van der Waals surface area contributed by atoms with Gasteiger partial charge in [-0.3, -0.25) is 9.59 Å². The molecule has 15 heavy (non-hydrogen) atoms. The molecule has 1 heterocycles. The average molecular weight is 204 g/mol. The number of hydrogen-bond donors (Lipinski definition) is 0. The van der Waals surface area contributed by atoms with E-state index >= 15 is 0 Å². The minimum absolute atomic E-state index is 0.193. The van der Waals surface area contributed by atoms with Crippen LogP contribution >= 0.6 is 0 Å². The first kappa shape index (κ1) is 9.39. The third-order valence-corrected chi connectivity index (χ3v) is 2.11. The normalized spacial score (nSPS) is 10.2. The van der Waals surface area contributed by atoms with Gasteiger partial charge in [0.25, 0.3) is 12.4 Å². The van der Waals surface area contributed by atoms with E-state index in [2.05, 4.69) is 9.72 Å². The van der Waals surface area contributed by atoms with Crippen molar-refractivity contribution in [2.75, 3.05) is 0 Å². The number of aryl methyl sites for hydroxylation is 1. The molecule has 0 aliphatic carbocycles. The van der Waals surface area contributed by atoms with Gasteiger partial charge in [-0.2, -0.15) is 0 Å². The summed E-state index contributed by atoms with van der Waals surface area (Å²) in [6.07, 6.45) is 0. The van der Waals surface area contributed by atoms with Crippen molar-refractivity contribution >= 4 is 17.5 Å². The second-order valence-electron chi connectivity index (χ2n) is 2.98.